The second-order valence-electron chi connectivity index (χ2n) is 10.1. The zero-order valence-corrected chi connectivity index (χ0v) is 21.1. The smallest absolute Gasteiger partial charge is 0.352 e. The molecule has 2 aliphatic rings. The standard InChI is InChI=1S/C27H36F5O2S/c1-2-3-4-5-6-7-8-18-9-11-19(12-10-18)27(32)22(28)17-26(31,23(29)24(27)30)25(33)34-20-13-15-21(35)16-14-20/h13-19,22-24,35H,2-12H2,1H3/t18-,19-,22?,23?,24?,26?,27?. The first-order valence-electron chi connectivity index (χ1n) is 12.8. The summed E-state index contributed by atoms with van der Waals surface area (Å²) in [5, 5.41) is 0. The van der Waals surface area contributed by atoms with Gasteiger partial charge in [-0.2, -0.15) is 0 Å². The number of benzene rings is 1. The number of hydrogen-bond acceptors (Lipinski definition) is 3. The summed E-state index contributed by atoms with van der Waals surface area (Å²) >= 11 is 4.06. The molecule has 0 amide bonds. The highest BCUT2D eigenvalue weighted by molar-refractivity contribution is 7.80. The van der Waals surface area contributed by atoms with Crippen LogP contribution in [0.25, 0.3) is 0 Å². The zero-order chi connectivity index (χ0) is 25.6. The zero-order valence-electron chi connectivity index (χ0n) is 20.2. The van der Waals surface area contributed by atoms with Crippen molar-refractivity contribution in [2.45, 2.75) is 112 Å². The van der Waals surface area contributed by atoms with E-state index in [4.69, 9.17) is 4.74 Å². The lowest BCUT2D eigenvalue weighted by molar-refractivity contribution is -0.177. The lowest BCUT2D eigenvalue weighted by Crippen LogP contribution is -2.68. The molecular formula is C27H36F5O2S. The summed E-state index contributed by atoms with van der Waals surface area (Å²) in [6.07, 6.45) is 0.540. The fraction of sp³-hybridized carbons (Fsp3) is 0.704. The summed E-state index contributed by atoms with van der Waals surface area (Å²) in [6.45, 7) is 2.16. The van der Waals surface area contributed by atoms with Crippen molar-refractivity contribution in [1.29, 1.82) is 0 Å². The van der Waals surface area contributed by atoms with Gasteiger partial charge in [-0.1, -0.05) is 64.7 Å². The van der Waals surface area contributed by atoms with E-state index < -0.39 is 41.7 Å². The van der Waals surface area contributed by atoms with Gasteiger partial charge in [0.25, 0.3) is 0 Å². The van der Waals surface area contributed by atoms with Crippen molar-refractivity contribution in [3.63, 3.8) is 0 Å². The topological polar surface area (TPSA) is 26.3 Å². The molecule has 0 saturated heterocycles. The van der Waals surface area contributed by atoms with Gasteiger partial charge >= 0.3 is 5.97 Å². The van der Waals surface area contributed by atoms with E-state index in [-0.39, 0.29) is 25.0 Å². The minimum absolute atomic E-state index is 0.0193. The maximum Gasteiger partial charge on any atom is 0.352 e. The Balaban J connectivity index is 1.57. The molecule has 35 heavy (non-hydrogen) atoms. The van der Waals surface area contributed by atoms with E-state index in [1.165, 1.54) is 49.9 Å². The number of rotatable bonds is 10. The Morgan fingerprint density at radius 3 is 2.17 bits per heavy atom. The van der Waals surface area contributed by atoms with Crippen LogP contribution in [-0.2, 0) is 4.79 Å². The quantitative estimate of drug-likeness (QED) is 0.111. The molecule has 5 unspecified atom stereocenters. The highest BCUT2D eigenvalue weighted by Gasteiger charge is 2.70. The second kappa shape index (κ2) is 12.3. The third kappa shape index (κ3) is 6.34. The summed E-state index contributed by atoms with van der Waals surface area (Å²) < 4.78 is 80.9. The minimum atomic E-state index is -3.73. The van der Waals surface area contributed by atoms with E-state index in [0.717, 1.165) is 19.3 Å². The Bertz CT molecular complexity index is 816. The fourth-order valence-corrected chi connectivity index (χ4v) is 5.61. The van der Waals surface area contributed by atoms with Gasteiger partial charge in [0, 0.05) is 4.90 Å². The number of thiol groups is 1. The molecule has 0 bridgehead atoms. The lowest BCUT2D eigenvalue weighted by atomic mass is 9.63. The SMILES string of the molecule is CCCCCCCC[C@H]1CC[C@H](C2(F)C(F)[CH]C(F)(C(=O)Oc3ccc(S)cc3)C(F)C2F)CC1. The predicted octanol–water partition coefficient (Wildman–Crippen LogP) is 8.09. The lowest BCUT2D eigenvalue weighted by Gasteiger charge is -2.48. The van der Waals surface area contributed by atoms with Gasteiger partial charge in [-0.05, 0) is 48.9 Å². The molecule has 197 valence electrons. The highest BCUT2D eigenvalue weighted by atomic mass is 32.1. The van der Waals surface area contributed by atoms with Gasteiger partial charge in [-0.3, -0.25) is 0 Å². The number of unbranched alkanes of at least 4 members (excludes halogenated alkanes) is 5. The van der Waals surface area contributed by atoms with Crippen molar-refractivity contribution in [2.75, 3.05) is 0 Å². The van der Waals surface area contributed by atoms with Crippen LogP contribution in [0.3, 0.4) is 0 Å². The van der Waals surface area contributed by atoms with E-state index in [9.17, 15) is 9.18 Å². The van der Waals surface area contributed by atoms with Gasteiger partial charge in [0.2, 0.25) is 5.67 Å². The highest BCUT2D eigenvalue weighted by Crippen LogP contribution is 2.52. The maximum atomic E-state index is 15.8. The summed E-state index contributed by atoms with van der Waals surface area (Å²) in [5.41, 5.74) is -6.95. The summed E-state index contributed by atoms with van der Waals surface area (Å²) in [5.74, 6) is -2.68. The van der Waals surface area contributed by atoms with Gasteiger partial charge in [0.1, 0.15) is 11.9 Å². The third-order valence-electron chi connectivity index (χ3n) is 7.69. The number of halogens is 5. The molecule has 2 saturated carbocycles. The van der Waals surface area contributed by atoms with Crippen LogP contribution in [0.2, 0.25) is 0 Å². The Hall–Kier alpha value is -1.31. The minimum Gasteiger partial charge on any atom is -0.424 e. The number of esters is 1. The molecule has 0 spiro atoms. The van der Waals surface area contributed by atoms with E-state index in [1.54, 1.807) is 0 Å². The van der Waals surface area contributed by atoms with E-state index >= 15 is 17.6 Å². The Morgan fingerprint density at radius 2 is 1.54 bits per heavy atom. The van der Waals surface area contributed by atoms with Crippen molar-refractivity contribution >= 4 is 18.6 Å². The molecule has 2 nitrogen and oxygen atoms in total. The second-order valence-corrected chi connectivity index (χ2v) is 10.6. The molecule has 1 aromatic rings. The van der Waals surface area contributed by atoms with Crippen LogP contribution < -0.4 is 4.74 Å². The first-order chi connectivity index (χ1) is 16.6. The van der Waals surface area contributed by atoms with E-state index in [2.05, 4.69) is 19.6 Å². The van der Waals surface area contributed by atoms with E-state index in [1.807, 2.05) is 0 Å². The van der Waals surface area contributed by atoms with Crippen LogP contribution >= 0.6 is 12.6 Å². The average Bonchev–Trinajstić information content (AvgIpc) is 2.85. The van der Waals surface area contributed by atoms with Crippen molar-refractivity contribution < 1.29 is 31.5 Å². The molecule has 0 heterocycles. The predicted molar refractivity (Wildman–Crippen MR) is 129 cm³/mol. The van der Waals surface area contributed by atoms with Crippen LogP contribution in [0.5, 0.6) is 5.75 Å². The number of carbonyl (C=O) groups is 1. The van der Waals surface area contributed by atoms with Gasteiger partial charge in [-0.25, -0.2) is 26.7 Å². The molecule has 2 aliphatic carbocycles. The third-order valence-corrected chi connectivity index (χ3v) is 7.99. The Morgan fingerprint density at radius 1 is 0.943 bits per heavy atom. The largest absolute Gasteiger partial charge is 0.424 e. The van der Waals surface area contributed by atoms with Gasteiger partial charge in [0.15, 0.2) is 18.0 Å². The van der Waals surface area contributed by atoms with Crippen LogP contribution in [0.15, 0.2) is 29.2 Å². The maximum absolute atomic E-state index is 15.8. The van der Waals surface area contributed by atoms with Gasteiger partial charge < -0.3 is 4.74 Å². The molecule has 2 fully saturated rings. The molecule has 3 rings (SSSR count). The van der Waals surface area contributed by atoms with Gasteiger partial charge in [-0.15, -0.1) is 12.6 Å². The van der Waals surface area contributed by atoms with Crippen molar-refractivity contribution in [1.82, 2.24) is 0 Å². The average molecular weight is 520 g/mol. The van der Waals surface area contributed by atoms with Crippen LogP contribution in [0, 0.1) is 18.3 Å². The molecule has 1 aromatic carbocycles. The summed E-state index contributed by atoms with van der Waals surface area (Å²) in [4.78, 5) is 12.9. The van der Waals surface area contributed by atoms with Crippen LogP contribution in [0.4, 0.5) is 22.0 Å². The fourth-order valence-electron chi connectivity index (χ4n) is 5.46. The molecular weight excluding hydrogens is 483 g/mol. The Kier molecular flexibility index (Phi) is 9.92. The van der Waals surface area contributed by atoms with Crippen LogP contribution in [-0.4, -0.2) is 35.8 Å². The molecule has 8 heteroatoms. The van der Waals surface area contributed by atoms with Crippen LogP contribution in [0.1, 0.15) is 77.6 Å². The van der Waals surface area contributed by atoms with Gasteiger partial charge in [0.05, 0.1) is 6.42 Å². The summed E-state index contributed by atoms with van der Waals surface area (Å²) in [6, 6.07) is 5.45. The normalized spacial score (nSPS) is 35.6. The van der Waals surface area contributed by atoms with Crippen molar-refractivity contribution in [2.24, 2.45) is 11.8 Å². The number of alkyl halides is 5. The monoisotopic (exact) mass is 519 g/mol. The summed E-state index contributed by atoms with van der Waals surface area (Å²) in [7, 11) is 0. The molecule has 0 aromatic heterocycles. The molecule has 0 aliphatic heterocycles. The first-order valence-corrected chi connectivity index (χ1v) is 13.2. The Labute approximate surface area is 210 Å². The molecule has 0 N–H and O–H groups in total. The molecule has 1 radical (unpaired) electrons. The van der Waals surface area contributed by atoms with Crippen molar-refractivity contribution in [3.05, 3.63) is 30.7 Å². The molecule has 5 atom stereocenters. The first kappa shape index (κ1) is 28.3. The number of ether oxygens (including phenoxy) is 1. The van der Waals surface area contributed by atoms with Crippen molar-refractivity contribution in [3.8, 4) is 5.75 Å². The van der Waals surface area contributed by atoms with E-state index in [0.29, 0.717) is 23.7 Å². The number of carbonyl (C=O) groups excluding carboxylic acids is 1. The number of hydrogen-bond donors (Lipinski definition) is 1.